The van der Waals surface area contributed by atoms with Crippen LogP contribution in [0.2, 0.25) is 5.02 Å². The fourth-order valence-electron chi connectivity index (χ4n) is 1.15. The average molecular weight is 266 g/mol. The van der Waals surface area contributed by atoms with Crippen LogP contribution in [0.5, 0.6) is 0 Å². The Kier molecular flexibility index (Phi) is 4.03. The van der Waals surface area contributed by atoms with Crippen molar-refractivity contribution in [2.45, 2.75) is 20.0 Å². The van der Waals surface area contributed by atoms with Gasteiger partial charge in [0.2, 0.25) is 5.91 Å². The standard InChI is InChI=1S/C11H11ClF3NO/c1-6(2)10(17)16-9-7(11(13,14)15)4-3-5-8(9)12/h3-6H,1-2H3,(H,16,17). The molecule has 94 valence electrons. The largest absolute Gasteiger partial charge is 0.418 e. The number of benzene rings is 1. The van der Waals surface area contributed by atoms with Crippen LogP contribution in [0.4, 0.5) is 18.9 Å². The summed E-state index contributed by atoms with van der Waals surface area (Å²) in [5.41, 5.74) is -1.33. The number of anilines is 1. The van der Waals surface area contributed by atoms with E-state index >= 15 is 0 Å². The van der Waals surface area contributed by atoms with Crippen molar-refractivity contribution < 1.29 is 18.0 Å². The van der Waals surface area contributed by atoms with E-state index in [9.17, 15) is 18.0 Å². The van der Waals surface area contributed by atoms with Crippen LogP contribution in [0.25, 0.3) is 0 Å². The molecule has 1 rings (SSSR count). The summed E-state index contributed by atoms with van der Waals surface area (Å²) in [6.07, 6.45) is -4.55. The summed E-state index contributed by atoms with van der Waals surface area (Å²) in [4.78, 5) is 11.4. The number of nitrogens with one attached hydrogen (secondary N) is 1. The van der Waals surface area contributed by atoms with Gasteiger partial charge in [0.15, 0.2) is 0 Å². The molecule has 0 aliphatic heterocycles. The van der Waals surface area contributed by atoms with Gasteiger partial charge in [-0.2, -0.15) is 13.2 Å². The van der Waals surface area contributed by atoms with E-state index in [1.807, 2.05) is 0 Å². The van der Waals surface area contributed by atoms with Gasteiger partial charge in [-0.15, -0.1) is 0 Å². The molecule has 2 nitrogen and oxygen atoms in total. The molecule has 1 amide bonds. The number of carbonyl (C=O) groups excluding carboxylic acids is 1. The summed E-state index contributed by atoms with van der Waals surface area (Å²) >= 11 is 5.67. The lowest BCUT2D eigenvalue weighted by Gasteiger charge is -2.16. The van der Waals surface area contributed by atoms with Gasteiger partial charge >= 0.3 is 6.18 Å². The molecule has 0 heterocycles. The van der Waals surface area contributed by atoms with E-state index in [4.69, 9.17) is 11.6 Å². The quantitative estimate of drug-likeness (QED) is 0.862. The topological polar surface area (TPSA) is 29.1 Å². The number of alkyl halides is 3. The summed E-state index contributed by atoms with van der Waals surface area (Å²) in [6, 6.07) is 3.37. The predicted molar refractivity (Wildman–Crippen MR) is 59.9 cm³/mol. The molecule has 1 aromatic rings. The van der Waals surface area contributed by atoms with Crippen LogP contribution in [-0.4, -0.2) is 5.91 Å². The van der Waals surface area contributed by atoms with Crippen molar-refractivity contribution in [1.29, 1.82) is 0 Å². The summed E-state index contributed by atoms with van der Waals surface area (Å²) in [6.45, 7) is 3.17. The Labute approximate surface area is 102 Å². The number of hydrogen-bond donors (Lipinski definition) is 1. The first-order valence-electron chi connectivity index (χ1n) is 4.90. The highest BCUT2D eigenvalue weighted by Crippen LogP contribution is 2.38. The van der Waals surface area contributed by atoms with Gasteiger partial charge < -0.3 is 5.32 Å². The van der Waals surface area contributed by atoms with Crippen molar-refractivity contribution in [1.82, 2.24) is 0 Å². The fourth-order valence-corrected chi connectivity index (χ4v) is 1.38. The van der Waals surface area contributed by atoms with Crippen molar-refractivity contribution in [3.05, 3.63) is 28.8 Å². The Morgan fingerprint density at radius 2 is 1.94 bits per heavy atom. The molecule has 0 spiro atoms. The number of amides is 1. The second kappa shape index (κ2) is 4.96. The molecule has 0 fully saturated rings. The SMILES string of the molecule is CC(C)C(=O)Nc1c(Cl)cccc1C(F)(F)F. The molecule has 17 heavy (non-hydrogen) atoms. The molecule has 0 unspecified atom stereocenters. The predicted octanol–water partition coefficient (Wildman–Crippen LogP) is 3.95. The lowest BCUT2D eigenvalue weighted by atomic mass is 10.1. The van der Waals surface area contributed by atoms with E-state index in [0.717, 1.165) is 6.07 Å². The fraction of sp³-hybridized carbons (Fsp3) is 0.364. The number of carbonyl (C=O) groups is 1. The first kappa shape index (κ1) is 13.8. The molecule has 0 atom stereocenters. The maximum atomic E-state index is 12.7. The molecule has 0 saturated carbocycles. The molecule has 0 saturated heterocycles. The average Bonchev–Trinajstić information content (AvgIpc) is 2.18. The van der Waals surface area contributed by atoms with Crippen molar-refractivity contribution >= 4 is 23.2 Å². The first-order chi connectivity index (χ1) is 7.73. The van der Waals surface area contributed by atoms with Gasteiger partial charge in [-0.25, -0.2) is 0 Å². The third-order valence-corrected chi connectivity index (χ3v) is 2.41. The molecule has 0 bridgehead atoms. The Morgan fingerprint density at radius 3 is 2.41 bits per heavy atom. The zero-order valence-corrected chi connectivity index (χ0v) is 9.99. The van der Waals surface area contributed by atoms with Gasteiger partial charge in [0, 0.05) is 5.92 Å². The molecule has 0 aromatic heterocycles. The summed E-state index contributed by atoms with van der Waals surface area (Å²) in [5, 5.41) is 2.06. The van der Waals surface area contributed by atoms with Gasteiger partial charge in [0.05, 0.1) is 16.3 Å². The monoisotopic (exact) mass is 265 g/mol. The summed E-state index contributed by atoms with van der Waals surface area (Å²) < 4.78 is 38.0. The lowest BCUT2D eigenvalue weighted by Crippen LogP contribution is -2.21. The lowest BCUT2D eigenvalue weighted by molar-refractivity contribution is -0.137. The summed E-state index contributed by atoms with van der Waals surface area (Å²) in [7, 11) is 0. The van der Waals surface area contributed by atoms with Gasteiger partial charge in [0.1, 0.15) is 0 Å². The Balaban J connectivity index is 3.18. The van der Waals surface area contributed by atoms with Crippen LogP contribution in [0.1, 0.15) is 19.4 Å². The third-order valence-electron chi connectivity index (χ3n) is 2.09. The minimum atomic E-state index is -4.55. The zero-order chi connectivity index (χ0) is 13.2. The van der Waals surface area contributed by atoms with E-state index < -0.39 is 23.6 Å². The van der Waals surface area contributed by atoms with Gasteiger partial charge in [0.25, 0.3) is 0 Å². The van der Waals surface area contributed by atoms with Gasteiger partial charge in [-0.3, -0.25) is 4.79 Å². The van der Waals surface area contributed by atoms with E-state index in [1.54, 1.807) is 13.8 Å². The number of rotatable bonds is 2. The van der Waals surface area contributed by atoms with Crippen LogP contribution in [-0.2, 0) is 11.0 Å². The highest BCUT2D eigenvalue weighted by Gasteiger charge is 2.34. The molecule has 6 heteroatoms. The highest BCUT2D eigenvalue weighted by molar-refractivity contribution is 6.34. The van der Waals surface area contributed by atoms with Crippen molar-refractivity contribution in [2.24, 2.45) is 5.92 Å². The van der Waals surface area contributed by atoms with Crippen LogP contribution >= 0.6 is 11.6 Å². The van der Waals surface area contributed by atoms with E-state index in [0.29, 0.717) is 0 Å². The molecule has 1 aromatic carbocycles. The number of halogens is 4. The van der Waals surface area contributed by atoms with Gasteiger partial charge in [-0.1, -0.05) is 31.5 Å². The smallest absolute Gasteiger partial charge is 0.324 e. The van der Waals surface area contributed by atoms with Crippen molar-refractivity contribution in [3.63, 3.8) is 0 Å². The highest BCUT2D eigenvalue weighted by atomic mass is 35.5. The Morgan fingerprint density at radius 1 is 1.35 bits per heavy atom. The maximum Gasteiger partial charge on any atom is 0.418 e. The molecule has 0 radical (unpaired) electrons. The molecular formula is C11H11ClF3NO. The van der Waals surface area contributed by atoms with Crippen molar-refractivity contribution in [3.8, 4) is 0 Å². The minimum absolute atomic E-state index is 0.131. The third kappa shape index (κ3) is 3.36. The van der Waals surface area contributed by atoms with Crippen molar-refractivity contribution in [2.75, 3.05) is 5.32 Å². The first-order valence-corrected chi connectivity index (χ1v) is 5.28. The summed E-state index contributed by atoms with van der Waals surface area (Å²) in [5.74, 6) is -0.934. The van der Waals surface area contributed by atoms with E-state index in [2.05, 4.69) is 5.32 Å². The van der Waals surface area contributed by atoms with Crippen LogP contribution in [0, 0.1) is 5.92 Å². The van der Waals surface area contributed by atoms with Crippen LogP contribution < -0.4 is 5.32 Å². The normalized spacial score (nSPS) is 11.7. The molecule has 0 aliphatic rings. The Hall–Kier alpha value is -1.23. The van der Waals surface area contributed by atoms with E-state index in [-0.39, 0.29) is 10.7 Å². The van der Waals surface area contributed by atoms with E-state index in [1.165, 1.54) is 12.1 Å². The zero-order valence-electron chi connectivity index (χ0n) is 9.23. The molecule has 1 N–H and O–H groups in total. The second-order valence-corrected chi connectivity index (χ2v) is 4.21. The van der Waals surface area contributed by atoms with Crippen LogP contribution in [0.3, 0.4) is 0 Å². The van der Waals surface area contributed by atoms with Crippen LogP contribution in [0.15, 0.2) is 18.2 Å². The number of hydrogen-bond acceptors (Lipinski definition) is 1. The minimum Gasteiger partial charge on any atom is -0.324 e. The maximum absolute atomic E-state index is 12.7. The molecular weight excluding hydrogens is 255 g/mol. The second-order valence-electron chi connectivity index (χ2n) is 3.80. The van der Waals surface area contributed by atoms with Gasteiger partial charge in [-0.05, 0) is 12.1 Å². The number of para-hydroxylation sites is 1. The molecule has 0 aliphatic carbocycles. The Bertz CT molecular complexity index is 429.